The molecule has 4 aromatic rings. The summed E-state index contributed by atoms with van der Waals surface area (Å²) < 4.78 is 12.2. The van der Waals surface area contributed by atoms with E-state index in [0.29, 0.717) is 17.3 Å². The van der Waals surface area contributed by atoms with Crippen molar-refractivity contribution >= 4 is 23.3 Å². The molecule has 2 aromatic heterocycles. The van der Waals surface area contributed by atoms with Crippen molar-refractivity contribution in [1.82, 2.24) is 25.1 Å². The first-order chi connectivity index (χ1) is 15.2. The Bertz CT molecular complexity index is 1190. The van der Waals surface area contributed by atoms with Gasteiger partial charge >= 0.3 is 0 Å². The first kappa shape index (κ1) is 20.7. The number of ether oxygens (including phenoxy) is 2. The summed E-state index contributed by atoms with van der Waals surface area (Å²) in [4.78, 5) is 12.3. The summed E-state index contributed by atoms with van der Waals surface area (Å²) in [7, 11) is 3.24. The Morgan fingerprint density at radius 3 is 2.58 bits per heavy atom. The number of nitrogens with one attached hydrogen (secondary N) is 1. The molecule has 4 rings (SSSR count). The minimum atomic E-state index is -0.112. The van der Waals surface area contributed by atoms with E-state index in [4.69, 9.17) is 9.47 Å². The van der Waals surface area contributed by atoms with Crippen LogP contribution in [-0.2, 0) is 11.3 Å². The third-order valence-corrected chi connectivity index (χ3v) is 5.54. The van der Waals surface area contributed by atoms with Crippen molar-refractivity contribution < 1.29 is 14.3 Å². The van der Waals surface area contributed by atoms with Crippen molar-refractivity contribution in [2.24, 2.45) is 0 Å². The Morgan fingerprint density at radius 2 is 1.81 bits per heavy atom. The fourth-order valence-corrected chi connectivity index (χ4v) is 3.72. The van der Waals surface area contributed by atoms with Crippen LogP contribution in [0, 0.1) is 0 Å². The first-order valence-corrected chi connectivity index (χ1v) is 10.5. The van der Waals surface area contributed by atoms with Gasteiger partial charge < -0.3 is 14.8 Å². The highest BCUT2D eigenvalue weighted by Gasteiger charge is 2.12. The van der Waals surface area contributed by atoms with E-state index in [1.165, 1.54) is 11.8 Å². The predicted molar refractivity (Wildman–Crippen MR) is 118 cm³/mol. The highest BCUT2D eigenvalue weighted by atomic mass is 32.2. The van der Waals surface area contributed by atoms with Crippen LogP contribution in [0.25, 0.3) is 16.9 Å². The molecule has 2 heterocycles. The smallest absolute Gasteiger partial charge is 0.230 e. The minimum Gasteiger partial charge on any atom is -0.497 e. The van der Waals surface area contributed by atoms with Crippen LogP contribution >= 0.6 is 11.8 Å². The molecule has 0 aliphatic rings. The maximum Gasteiger partial charge on any atom is 0.230 e. The van der Waals surface area contributed by atoms with Crippen molar-refractivity contribution in [3.8, 4) is 22.8 Å². The molecule has 1 amide bonds. The molecular weight excluding hydrogens is 414 g/mol. The van der Waals surface area contributed by atoms with Crippen LogP contribution in [-0.4, -0.2) is 45.7 Å². The number of amides is 1. The molecule has 0 saturated heterocycles. The number of carbonyl (C=O) groups excluding carboxylic acids is 1. The summed E-state index contributed by atoms with van der Waals surface area (Å²) in [6, 6.07) is 19.0. The van der Waals surface area contributed by atoms with E-state index in [1.807, 2.05) is 60.7 Å². The zero-order valence-corrected chi connectivity index (χ0v) is 17.9. The molecule has 0 fully saturated rings. The number of para-hydroxylation sites is 1. The fourth-order valence-electron chi connectivity index (χ4n) is 3.00. The summed E-state index contributed by atoms with van der Waals surface area (Å²) in [5, 5.41) is 16.4. The lowest BCUT2D eigenvalue weighted by Crippen LogP contribution is -2.24. The van der Waals surface area contributed by atoms with Gasteiger partial charge in [-0.25, -0.2) is 0 Å². The van der Waals surface area contributed by atoms with Crippen molar-refractivity contribution in [3.05, 3.63) is 66.2 Å². The number of aromatic nitrogens is 4. The van der Waals surface area contributed by atoms with E-state index in [0.717, 1.165) is 28.3 Å². The second kappa shape index (κ2) is 9.48. The van der Waals surface area contributed by atoms with Crippen molar-refractivity contribution in [2.45, 2.75) is 11.7 Å². The second-order valence-corrected chi connectivity index (χ2v) is 7.52. The number of thioether (sulfide) groups is 1. The largest absolute Gasteiger partial charge is 0.497 e. The lowest BCUT2D eigenvalue weighted by molar-refractivity contribution is -0.118. The van der Waals surface area contributed by atoms with Gasteiger partial charge in [-0.1, -0.05) is 30.0 Å². The molecule has 9 heteroatoms. The van der Waals surface area contributed by atoms with Crippen molar-refractivity contribution in [3.63, 3.8) is 0 Å². The lowest BCUT2D eigenvalue weighted by atomic mass is 10.1. The van der Waals surface area contributed by atoms with Crippen LogP contribution in [0.2, 0.25) is 0 Å². The third kappa shape index (κ3) is 4.77. The molecule has 0 saturated carbocycles. The van der Waals surface area contributed by atoms with Crippen LogP contribution in [0.3, 0.4) is 0 Å². The van der Waals surface area contributed by atoms with Crippen molar-refractivity contribution in [1.29, 1.82) is 0 Å². The topological polar surface area (TPSA) is 90.6 Å². The molecule has 0 bridgehead atoms. The van der Waals surface area contributed by atoms with E-state index in [1.54, 1.807) is 18.7 Å². The summed E-state index contributed by atoms with van der Waals surface area (Å²) in [6.07, 6.45) is 0. The molecule has 0 aliphatic carbocycles. The lowest BCUT2D eigenvalue weighted by Gasteiger charge is -2.09. The van der Waals surface area contributed by atoms with E-state index in [9.17, 15) is 4.79 Å². The van der Waals surface area contributed by atoms with E-state index in [-0.39, 0.29) is 11.7 Å². The quantitative estimate of drug-likeness (QED) is 0.425. The van der Waals surface area contributed by atoms with E-state index in [2.05, 4.69) is 20.6 Å². The number of fused-ring (bicyclic) bond motifs is 1. The summed E-state index contributed by atoms with van der Waals surface area (Å²) in [6.45, 7) is 0.393. The van der Waals surface area contributed by atoms with Crippen LogP contribution in [0.15, 0.2) is 65.8 Å². The van der Waals surface area contributed by atoms with Crippen LogP contribution in [0.1, 0.15) is 5.56 Å². The SMILES string of the molecule is COc1ccc(-c2ccc3nnc(SCC(=O)NCc4ccccc4OC)n3n2)cc1. The molecule has 1 N–H and O–H groups in total. The number of carbonyl (C=O) groups is 1. The Kier molecular flexibility index (Phi) is 6.32. The highest BCUT2D eigenvalue weighted by molar-refractivity contribution is 7.99. The molecular formula is C22H21N5O3S. The average Bonchev–Trinajstić information content (AvgIpc) is 3.23. The number of nitrogens with zero attached hydrogens (tertiary/aromatic N) is 4. The third-order valence-electron chi connectivity index (χ3n) is 4.62. The number of benzene rings is 2. The molecule has 0 radical (unpaired) electrons. The van der Waals surface area contributed by atoms with Gasteiger partial charge in [0.05, 0.1) is 25.7 Å². The van der Waals surface area contributed by atoms with Gasteiger partial charge in [-0.2, -0.15) is 9.61 Å². The number of hydrogen-bond acceptors (Lipinski definition) is 7. The number of rotatable bonds is 8. The Balaban J connectivity index is 1.42. The maximum atomic E-state index is 12.3. The Hall–Kier alpha value is -3.59. The van der Waals surface area contributed by atoms with Crippen LogP contribution < -0.4 is 14.8 Å². The van der Waals surface area contributed by atoms with Crippen LogP contribution in [0.5, 0.6) is 11.5 Å². The molecule has 31 heavy (non-hydrogen) atoms. The normalized spacial score (nSPS) is 10.8. The molecule has 0 aliphatic heterocycles. The monoisotopic (exact) mass is 435 g/mol. The van der Waals surface area contributed by atoms with Gasteiger partial charge in [-0.05, 0) is 42.5 Å². The molecule has 0 atom stereocenters. The Labute approximate surface area is 183 Å². The number of methoxy groups -OCH3 is 2. The van der Waals surface area contributed by atoms with Crippen molar-refractivity contribution in [2.75, 3.05) is 20.0 Å². The molecule has 0 spiro atoms. The maximum absolute atomic E-state index is 12.3. The van der Waals surface area contributed by atoms with Gasteiger partial charge in [-0.15, -0.1) is 10.2 Å². The fraction of sp³-hybridized carbons (Fsp3) is 0.182. The molecule has 2 aromatic carbocycles. The van der Waals surface area contributed by atoms with Gasteiger partial charge in [-0.3, -0.25) is 4.79 Å². The molecule has 8 nitrogen and oxygen atoms in total. The summed E-state index contributed by atoms with van der Waals surface area (Å²) >= 11 is 1.28. The van der Waals surface area contributed by atoms with Gasteiger partial charge in [0.25, 0.3) is 0 Å². The summed E-state index contributed by atoms with van der Waals surface area (Å²) in [5.41, 5.74) is 3.26. The highest BCUT2D eigenvalue weighted by Crippen LogP contribution is 2.23. The molecule has 0 unspecified atom stereocenters. The van der Waals surface area contributed by atoms with Gasteiger partial charge in [0.1, 0.15) is 11.5 Å². The summed E-state index contributed by atoms with van der Waals surface area (Å²) in [5.74, 6) is 1.61. The average molecular weight is 436 g/mol. The predicted octanol–water partition coefficient (Wildman–Crippen LogP) is 3.22. The first-order valence-electron chi connectivity index (χ1n) is 9.56. The minimum absolute atomic E-state index is 0.112. The van der Waals surface area contributed by atoms with Crippen LogP contribution in [0.4, 0.5) is 0 Å². The number of hydrogen-bond donors (Lipinski definition) is 1. The van der Waals surface area contributed by atoms with E-state index >= 15 is 0 Å². The second-order valence-electron chi connectivity index (χ2n) is 6.58. The van der Waals surface area contributed by atoms with Gasteiger partial charge in [0.2, 0.25) is 11.1 Å². The van der Waals surface area contributed by atoms with Gasteiger partial charge in [0.15, 0.2) is 5.65 Å². The standard InChI is InChI=1S/C22H21N5O3S/c1-29-17-9-7-15(8-10-17)18-11-12-20-24-25-22(27(20)26-18)31-14-21(28)23-13-16-5-3-4-6-19(16)30-2/h3-12H,13-14H2,1-2H3,(H,23,28). The van der Waals surface area contributed by atoms with Gasteiger partial charge in [0, 0.05) is 17.7 Å². The zero-order chi connectivity index (χ0) is 21.6. The zero-order valence-electron chi connectivity index (χ0n) is 17.1. The Morgan fingerprint density at radius 1 is 1.00 bits per heavy atom. The van der Waals surface area contributed by atoms with E-state index < -0.39 is 0 Å². The molecule has 158 valence electrons.